The lowest BCUT2D eigenvalue weighted by Gasteiger charge is -2.18. The van der Waals surface area contributed by atoms with E-state index in [9.17, 15) is 9.59 Å². The summed E-state index contributed by atoms with van der Waals surface area (Å²) < 4.78 is 0. The summed E-state index contributed by atoms with van der Waals surface area (Å²) in [5, 5.41) is 14.1. The predicted molar refractivity (Wildman–Crippen MR) is 73.6 cm³/mol. The number of nitrogens with one attached hydrogen (secondary N) is 2. The Balaban J connectivity index is 4.24. The number of terminal acetylenes is 1. The smallest absolute Gasteiger partial charge is 0.326 e. The van der Waals surface area contributed by atoms with Crippen LogP contribution in [0, 0.1) is 12.3 Å². The summed E-state index contributed by atoms with van der Waals surface area (Å²) in [4.78, 5) is 22.5. The lowest BCUT2D eigenvalue weighted by Crippen LogP contribution is -2.49. The van der Waals surface area contributed by atoms with Gasteiger partial charge in [-0.15, -0.1) is 12.3 Å². The van der Waals surface area contributed by atoms with Gasteiger partial charge < -0.3 is 15.7 Å². The molecule has 0 aliphatic heterocycles. The molecule has 0 heterocycles. The molecule has 0 aromatic carbocycles. The third-order valence-electron chi connectivity index (χ3n) is 2.41. The summed E-state index contributed by atoms with van der Waals surface area (Å²) >= 11 is 1.54. The number of carboxylic acid groups (broad SMARTS) is 1. The SMILES string of the molecule is C#CCC(CC)NC(=O)N[C@@H](CCSC)C(=O)O. The lowest BCUT2D eigenvalue weighted by molar-refractivity contribution is -0.139. The van der Waals surface area contributed by atoms with Crippen LogP contribution >= 0.6 is 11.8 Å². The van der Waals surface area contributed by atoms with E-state index in [4.69, 9.17) is 11.5 Å². The molecular weight excluding hydrogens is 252 g/mol. The summed E-state index contributed by atoms with van der Waals surface area (Å²) in [7, 11) is 0. The van der Waals surface area contributed by atoms with Crippen molar-refractivity contribution in [2.45, 2.75) is 38.3 Å². The Kier molecular flexibility index (Phi) is 8.93. The molecule has 18 heavy (non-hydrogen) atoms. The highest BCUT2D eigenvalue weighted by molar-refractivity contribution is 7.98. The first-order valence-corrected chi connectivity index (χ1v) is 7.16. The minimum absolute atomic E-state index is 0.120. The molecule has 5 nitrogen and oxygen atoms in total. The van der Waals surface area contributed by atoms with Crippen LogP contribution in [-0.4, -0.2) is 41.2 Å². The van der Waals surface area contributed by atoms with Crippen LogP contribution < -0.4 is 10.6 Å². The zero-order valence-corrected chi connectivity index (χ0v) is 11.5. The molecule has 0 aliphatic carbocycles. The summed E-state index contributed by atoms with van der Waals surface area (Å²) in [6.45, 7) is 1.91. The van der Waals surface area contributed by atoms with E-state index in [2.05, 4.69) is 16.6 Å². The van der Waals surface area contributed by atoms with Gasteiger partial charge in [-0.3, -0.25) is 0 Å². The van der Waals surface area contributed by atoms with Crippen LogP contribution in [0.1, 0.15) is 26.2 Å². The van der Waals surface area contributed by atoms with Crippen molar-refractivity contribution in [3.8, 4) is 12.3 Å². The van der Waals surface area contributed by atoms with E-state index < -0.39 is 18.0 Å². The van der Waals surface area contributed by atoms with Crippen molar-refractivity contribution in [1.82, 2.24) is 10.6 Å². The molecule has 0 rings (SSSR count). The van der Waals surface area contributed by atoms with Gasteiger partial charge in [-0.2, -0.15) is 11.8 Å². The molecule has 2 atom stereocenters. The fraction of sp³-hybridized carbons (Fsp3) is 0.667. The van der Waals surface area contributed by atoms with Gasteiger partial charge in [0, 0.05) is 12.5 Å². The number of hydrogen-bond acceptors (Lipinski definition) is 3. The van der Waals surface area contributed by atoms with Gasteiger partial charge >= 0.3 is 12.0 Å². The number of rotatable bonds is 8. The average molecular weight is 272 g/mol. The molecule has 0 radical (unpaired) electrons. The second kappa shape index (κ2) is 9.66. The first kappa shape index (κ1) is 16.6. The fourth-order valence-electron chi connectivity index (χ4n) is 1.32. The normalized spacial score (nSPS) is 13.2. The largest absolute Gasteiger partial charge is 0.480 e. The van der Waals surface area contributed by atoms with E-state index in [0.717, 1.165) is 0 Å². The number of urea groups is 1. The molecule has 0 saturated heterocycles. The average Bonchev–Trinajstić information content (AvgIpc) is 2.33. The zero-order valence-electron chi connectivity index (χ0n) is 10.7. The maximum atomic E-state index is 11.6. The zero-order chi connectivity index (χ0) is 14.0. The fourth-order valence-corrected chi connectivity index (χ4v) is 1.79. The van der Waals surface area contributed by atoms with Gasteiger partial charge in [-0.05, 0) is 24.9 Å². The second-order valence-corrected chi connectivity index (χ2v) is 4.79. The third kappa shape index (κ3) is 7.07. The molecule has 1 unspecified atom stereocenters. The number of thioether (sulfide) groups is 1. The van der Waals surface area contributed by atoms with Gasteiger partial charge in [0.2, 0.25) is 0 Å². The lowest BCUT2D eigenvalue weighted by atomic mass is 10.1. The quantitative estimate of drug-likeness (QED) is 0.582. The van der Waals surface area contributed by atoms with Crippen LogP contribution in [0.4, 0.5) is 4.79 Å². The van der Waals surface area contributed by atoms with Gasteiger partial charge in [-0.25, -0.2) is 9.59 Å². The molecule has 0 aliphatic rings. The molecule has 102 valence electrons. The molecule has 0 saturated carbocycles. The van der Waals surface area contributed by atoms with Crippen molar-refractivity contribution in [2.24, 2.45) is 0 Å². The maximum Gasteiger partial charge on any atom is 0.326 e. The van der Waals surface area contributed by atoms with Gasteiger partial charge in [-0.1, -0.05) is 6.92 Å². The molecule has 0 aromatic rings. The molecule has 6 heteroatoms. The van der Waals surface area contributed by atoms with E-state index >= 15 is 0 Å². The minimum atomic E-state index is -1.02. The maximum absolute atomic E-state index is 11.6. The highest BCUT2D eigenvalue weighted by Crippen LogP contribution is 2.01. The van der Waals surface area contributed by atoms with Crippen LogP contribution in [0.25, 0.3) is 0 Å². The number of carbonyl (C=O) groups excluding carboxylic acids is 1. The topological polar surface area (TPSA) is 78.4 Å². The molecule has 0 spiro atoms. The van der Waals surface area contributed by atoms with Crippen LogP contribution in [-0.2, 0) is 4.79 Å². The Morgan fingerprint density at radius 3 is 2.56 bits per heavy atom. The summed E-state index contributed by atoms with van der Waals surface area (Å²) in [5.74, 6) is 2.13. The molecular formula is C12H20N2O3S. The number of amides is 2. The van der Waals surface area contributed by atoms with Crippen LogP contribution in [0.15, 0.2) is 0 Å². The summed E-state index contributed by atoms with van der Waals surface area (Å²) in [6.07, 6.45) is 8.61. The van der Waals surface area contributed by atoms with Crippen molar-refractivity contribution in [1.29, 1.82) is 0 Å². The first-order valence-electron chi connectivity index (χ1n) is 5.77. The third-order valence-corrected chi connectivity index (χ3v) is 3.05. The van der Waals surface area contributed by atoms with Crippen molar-refractivity contribution >= 4 is 23.8 Å². The summed E-state index contributed by atoms with van der Waals surface area (Å²) in [6, 6.07) is -1.46. The molecule has 3 N–H and O–H groups in total. The van der Waals surface area contributed by atoms with Gasteiger partial charge in [0.1, 0.15) is 6.04 Å². The van der Waals surface area contributed by atoms with E-state index in [1.165, 1.54) is 11.8 Å². The number of carboxylic acids is 1. The Bertz CT molecular complexity index is 315. The van der Waals surface area contributed by atoms with E-state index in [0.29, 0.717) is 25.0 Å². The Morgan fingerprint density at radius 2 is 2.11 bits per heavy atom. The predicted octanol–water partition coefficient (Wildman–Crippen LogP) is 1.29. The standard InChI is InChI=1S/C12H20N2O3S/c1-4-6-9(5-2)13-12(17)14-10(11(15)16)7-8-18-3/h1,9-10H,5-8H2,2-3H3,(H,15,16)(H2,13,14,17)/t9?,10-/m0/s1. The molecule has 2 amide bonds. The number of carbonyl (C=O) groups is 2. The monoisotopic (exact) mass is 272 g/mol. The first-order chi connectivity index (χ1) is 8.54. The van der Waals surface area contributed by atoms with Crippen molar-refractivity contribution < 1.29 is 14.7 Å². The highest BCUT2D eigenvalue weighted by atomic mass is 32.2. The Hall–Kier alpha value is -1.35. The second-order valence-electron chi connectivity index (χ2n) is 3.80. The summed E-state index contributed by atoms with van der Waals surface area (Å²) in [5.41, 5.74) is 0. The van der Waals surface area contributed by atoms with Gasteiger partial charge in [0.15, 0.2) is 0 Å². The molecule has 0 aromatic heterocycles. The Morgan fingerprint density at radius 1 is 1.44 bits per heavy atom. The van der Waals surface area contributed by atoms with Crippen molar-refractivity contribution in [3.05, 3.63) is 0 Å². The van der Waals surface area contributed by atoms with E-state index in [-0.39, 0.29) is 6.04 Å². The van der Waals surface area contributed by atoms with Crippen LogP contribution in [0.3, 0.4) is 0 Å². The van der Waals surface area contributed by atoms with Crippen LogP contribution in [0.5, 0.6) is 0 Å². The van der Waals surface area contributed by atoms with Crippen LogP contribution in [0.2, 0.25) is 0 Å². The Labute approximate surface area is 112 Å². The molecule has 0 fully saturated rings. The van der Waals surface area contributed by atoms with E-state index in [1.807, 2.05) is 13.2 Å². The minimum Gasteiger partial charge on any atom is -0.480 e. The van der Waals surface area contributed by atoms with Crippen molar-refractivity contribution in [3.63, 3.8) is 0 Å². The number of hydrogen-bond donors (Lipinski definition) is 3. The van der Waals surface area contributed by atoms with Gasteiger partial charge in [0.05, 0.1) is 0 Å². The van der Waals surface area contributed by atoms with E-state index in [1.54, 1.807) is 0 Å². The number of aliphatic carboxylic acids is 1. The van der Waals surface area contributed by atoms with Crippen molar-refractivity contribution in [2.75, 3.05) is 12.0 Å². The highest BCUT2D eigenvalue weighted by Gasteiger charge is 2.20. The molecule has 0 bridgehead atoms. The van der Waals surface area contributed by atoms with Gasteiger partial charge in [0.25, 0.3) is 0 Å².